The fraction of sp³-hybridized carbons (Fsp3) is 0.118. The first-order valence-electron chi connectivity index (χ1n) is 6.34. The number of Topliss-reactive ketones (excluding diaryl/α,β-unsaturated/α-hetero) is 1. The van der Waals surface area contributed by atoms with E-state index in [1.807, 2.05) is 30.3 Å². The third-order valence-corrected chi connectivity index (χ3v) is 3.10. The van der Waals surface area contributed by atoms with Gasteiger partial charge in [-0.2, -0.15) is 5.26 Å². The summed E-state index contributed by atoms with van der Waals surface area (Å²) in [6.07, 6.45) is 0. The van der Waals surface area contributed by atoms with Gasteiger partial charge in [-0.3, -0.25) is 9.59 Å². The molecule has 0 saturated heterocycles. The maximum Gasteiger partial charge on any atom is 0.331 e. The number of hydrogen-bond acceptors (Lipinski definition) is 4. The van der Waals surface area contributed by atoms with Crippen molar-refractivity contribution in [1.29, 1.82) is 5.26 Å². The van der Waals surface area contributed by atoms with Gasteiger partial charge in [0.05, 0.1) is 13.2 Å². The molecule has 0 bridgehead atoms. The SMILES string of the molecule is COC(=O)[C@@H](C#N)C(=O)c1ccc(-c2ccccc2)cc1. The first-order valence-corrected chi connectivity index (χ1v) is 6.34. The topological polar surface area (TPSA) is 67.2 Å². The van der Waals surface area contributed by atoms with Crippen LogP contribution in [0.3, 0.4) is 0 Å². The highest BCUT2D eigenvalue weighted by Gasteiger charge is 2.28. The second kappa shape index (κ2) is 6.49. The normalized spacial score (nSPS) is 11.2. The minimum absolute atomic E-state index is 0.312. The average Bonchev–Trinajstić information content (AvgIpc) is 2.56. The van der Waals surface area contributed by atoms with Crippen LogP contribution in [-0.2, 0) is 9.53 Å². The molecule has 21 heavy (non-hydrogen) atoms. The number of nitrogens with zero attached hydrogens (tertiary/aromatic N) is 1. The average molecular weight is 279 g/mol. The highest BCUT2D eigenvalue weighted by atomic mass is 16.5. The van der Waals surface area contributed by atoms with Crippen molar-refractivity contribution in [1.82, 2.24) is 0 Å². The van der Waals surface area contributed by atoms with Gasteiger partial charge in [-0.25, -0.2) is 0 Å². The lowest BCUT2D eigenvalue weighted by Crippen LogP contribution is -2.23. The predicted molar refractivity (Wildman–Crippen MR) is 77.3 cm³/mol. The van der Waals surface area contributed by atoms with Gasteiger partial charge in [-0.15, -0.1) is 0 Å². The van der Waals surface area contributed by atoms with Gasteiger partial charge < -0.3 is 4.74 Å². The second-order valence-corrected chi connectivity index (χ2v) is 4.39. The molecule has 0 spiro atoms. The predicted octanol–water partition coefficient (Wildman–Crippen LogP) is 2.85. The Morgan fingerprint density at radius 2 is 1.57 bits per heavy atom. The molecule has 2 rings (SSSR count). The molecule has 2 aromatic carbocycles. The number of ketones is 1. The molecule has 0 unspecified atom stereocenters. The summed E-state index contributed by atoms with van der Waals surface area (Å²) in [7, 11) is 1.15. The molecule has 0 amide bonds. The monoisotopic (exact) mass is 279 g/mol. The van der Waals surface area contributed by atoms with Gasteiger partial charge in [0.15, 0.2) is 5.78 Å². The van der Waals surface area contributed by atoms with Crippen molar-refractivity contribution in [2.45, 2.75) is 0 Å². The van der Waals surface area contributed by atoms with Crippen LogP contribution in [0.4, 0.5) is 0 Å². The Hall–Kier alpha value is -2.93. The summed E-state index contributed by atoms with van der Waals surface area (Å²) in [5.74, 6) is -2.81. The molecule has 104 valence electrons. The van der Waals surface area contributed by atoms with Crippen molar-refractivity contribution < 1.29 is 14.3 Å². The van der Waals surface area contributed by atoms with E-state index in [4.69, 9.17) is 5.26 Å². The van der Waals surface area contributed by atoms with Gasteiger partial charge in [0.1, 0.15) is 0 Å². The third-order valence-electron chi connectivity index (χ3n) is 3.10. The first kappa shape index (κ1) is 14.5. The number of nitriles is 1. The molecule has 1 atom stereocenters. The number of hydrogen-bond donors (Lipinski definition) is 0. The van der Waals surface area contributed by atoms with E-state index in [1.54, 1.807) is 30.3 Å². The fourth-order valence-electron chi connectivity index (χ4n) is 1.96. The lowest BCUT2D eigenvalue weighted by atomic mass is 9.96. The molecule has 0 aliphatic rings. The maximum absolute atomic E-state index is 12.1. The van der Waals surface area contributed by atoms with Gasteiger partial charge in [-0.05, 0) is 11.1 Å². The van der Waals surface area contributed by atoms with Crippen molar-refractivity contribution in [2.75, 3.05) is 7.11 Å². The molecular formula is C17H13NO3. The van der Waals surface area contributed by atoms with E-state index >= 15 is 0 Å². The van der Waals surface area contributed by atoms with Crippen LogP contribution in [0.15, 0.2) is 54.6 Å². The summed E-state index contributed by atoms with van der Waals surface area (Å²) in [6, 6.07) is 18.2. The van der Waals surface area contributed by atoms with Gasteiger partial charge in [0.2, 0.25) is 5.92 Å². The zero-order valence-corrected chi connectivity index (χ0v) is 11.4. The second-order valence-electron chi connectivity index (χ2n) is 4.39. The van der Waals surface area contributed by atoms with Crippen LogP contribution in [0.2, 0.25) is 0 Å². The molecule has 0 aromatic heterocycles. The smallest absolute Gasteiger partial charge is 0.331 e. The van der Waals surface area contributed by atoms with Gasteiger partial charge in [0.25, 0.3) is 0 Å². The zero-order valence-electron chi connectivity index (χ0n) is 11.4. The van der Waals surface area contributed by atoms with Crippen molar-refractivity contribution in [3.63, 3.8) is 0 Å². The molecule has 0 heterocycles. The lowest BCUT2D eigenvalue weighted by molar-refractivity contribution is -0.141. The van der Waals surface area contributed by atoms with Crippen LogP contribution in [-0.4, -0.2) is 18.9 Å². The molecule has 0 fully saturated rings. The Morgan fingerprint density at radius 1 is 1.00 bits per heavy atom. The fourth-order valence-corrected chi connectivity index (χ4v) is 1.96. The number of carbonyl (C=O) groups excluding carboxylic acids is 2. The summed E-state index contributed by atoms with van der Waals surface area (Å²) >= 11 is 0. The van der Waals surface area contributed by atoms with Crippen molar-refractivity contribution >= 4 is 11.8 Å². The minimum atomic E-state index is -1.42. The Morgan fingerprint density at radius 3 is 2.10 bits per heavy atom. The molecule has 4 heteroatoms. The summed E-state index contributed by atoms with van der Waals surface area (Å²) in [6.45, 7) is 0. The first-order chi connectivity index (χ1) is 10.2. The van der Waals surface area contributed by atoms with Crippen molar-refractivity contribution in [3.8, 4) is 17.2 Å². The van der Waals surface area contributed by atoms with Gasteiger partial charge >= 0.3 is 5.97 Å². The molecule has 0 radical (unpaired) electrons. The quantitative estimate of drug-likeness (QED) is 0.490. The van der Waals surface area contributed by atoms with E-state index in [0.717, 1.165) is 18.2 Å². The molecule has 0 saturated carbocycles. The summed E-state index contributed by atoms with van der Waals surface area (Å²) in [4.78, 5) is 23.5. The van der Waals surface area contributed by atoms with E-state index < -0.39 is 17.7 Å². The van der Waals surface area contributed by atoms with Crippen LogP contribution in [0.5, 0.6) is 0 Å². The molecular weight excluding hydrogens is 266 g/mol. The van der Waals surface area contributed by atoms with Crippen molar-refractivity contribution in [3.05, 3.63) is 60.2 Å². The van der Waals surface area contributed by atoms with Crippen LogP contribution in [0.25, 0.3) is 11.1 Å². The van der Waals surface area contributed by atoms with Crippen molar-refractivity contribution in [2.24, 2.45) is 5.92 Å². The lowest BCUT2D eigenvalue weighted by Gasteiger charge is -2.07. The van der Waals surface area contributed by atoms with Crippen LogP contribution in [0, 0.1) is 17.2 Å². The number of esters is 1. The highest BCUT2D eigenvalue weighted by molar-refractivity contribution is 6.10. The molecule has 2 aromatic rings. The number of carbonyl (C=O) groups is 2. The highest BCUT2D eigenvalue weighted by Crippen LogP contribution is 2.20. The van der Waals surface area contributed by atoms with Crippen LogP contribution >= 0.6 is 0 Å². The molecule has 0 N–H and O–H groups in total. The van der Waals surface area contributed by atoms with E-state index in [2.05, 4.69) is 4.74 Å². The Balaban J connectivity index is 2.25. The van der Waals surface area contributed by atoms with Gasteiger partial charge in [0, 0.05) is 5.56 Å². The van der Waals surface area contributed by atoms with Crippen LogP contribution in [0.1, 0.15) is 10.4 Å². The Labute approximate surface area is 122 Å². The Kier molecular flexibility index (Phi) is 4.47. The maximum atomic E-state index is 12.1. The number of benzene rings is 2. The van der Waals surface area contributed by atoms with Gasteiger partial charge in [-0.1, -0.05) is 54.6 Å². The van der Waals surface area contributed by atoms with E-state index in [9.17, 15) is 9.59 Å². The Bertz CT molecular complexity index is 684. The molecule has 0 aliphatic heterocycles. The summed E-state index contributed by atoms with van der Waals surface area (Å²) in [5.41, 5.74) is 2.30. The number of methoxy groups -OCH3 is 1. The largest absolute Gasteiger partial charge is 0.468 e. The van der Waals surface area contributed by atoms with E-state index in [0.29, 0.717) is 5.56 Å². The minimum Gasteiger partial charge on any atom is -0.468 e. The summed E-state index contributed by atoms with van der Waals surface area (Å²) in [5, 5.41) is 8.92. The summed E-state index contributed by atoms with van der Waals surface area (Å²) < 4.78 is 4.46. The molecule has 0 aliphatic carbocycles. The van der Waals surface area contributed by atoms with E-state index in [1.165, 1.54) is 0 Å². The van der Waals surface area contributed by atoms with Crippen LogP contribution < -0.4 is 0 Å². The van der Waals surface area contributed by atoms with E-state index in [-0.39, 0.29) is 0 Å². The molecule has 4 nitrogen and oxygen atoms in total. The number of rotatable bonds is 4. The standard InChI is InChI=1S/C17H13NO3/c1-21-17(20)15(11-18)16(19)14-9-7-13(8-10-14)12-5-3-2-4-6-12/h2-10,15H,1H3/t15-/m0/s1. The zero-order chi connectivity index (χ0) is 15.2. The number of ether oxygens (including phenoxy) is 1. The third kappa shape index (κ3) is 3.15.